The minimum Gasteiger partial charge on any atom is -0.497 e. The third-order valence-electron chi connectivity index (χ3n) is 5.49. The average molecular weight is 347 g/mol. The Balaban J connectivity index is 1.34. The number of rotatable bonds is 5. The topological polar surface area (TPSA) is 49.0 Å². The molecule has 2 heterocycles. The van der Waals surface area contributed by atoms with Gasteiger partial charge in [-0.3, -0.25) is 0 Å². The van der Waals surface area contributed by atoms with Crippen LogP contribution in [0.25, 0.3) is 0 Å². The van der Waals surface area contributed by atoms with Crippen LogP contribution in [-0.4, -0.2) is 38.3 Å². The standard InChI is InChI=1S/C20H29NO4/c1-14-8-15-9-17(22-2)10-16(19(15)24-14)11-21-12-18-13-23-20(25-18)6-4-3-5-7-20/h9-10,14,18,21H,3-8,11-13H2,1-2H3/t14-,18-/m0/s1. The predicted octanol–water partition coefficient (Wildman–Crippen LogP) is 3.18. The maximum absolute atomic E-state index is 6.24. The molecule has 0 radical (unpaired) electrons. The van der Waals surface area contributed by atoms with Crippen LogP contribution in [0.4, 0.5) is 0 Å². The molecule has 1 saturated carbocycles. The van der Waals surface area contributed by atoms with Gasteiger partial charge in [-0.05, 0) is 31.9 Å². The van der Waals surface area contributed by atoms with Crippen molar-refractivity contribution in [2.75, 3.05) is 20.3 Å². The van der Waals surface area contributed by atoms with Crippen LogP contribution in [0.1, 0.15) is 50.2 Å². The fraction of sp³-hybridized carbons (Fsp3) is 0.700. The first-order chi connectivity index (χ1) is 12.2. The fourth-order valence-electron chi connectivity index (χ4n) is 4.26. The molecule has 0 bridgehead atoms. The first-order valence-corrected chi connectivity index (χ1v) is 9.56. The van der Waals surface area contributed by atoms with Crippen molar-refractivity contribution in [2.24, 2.45) is 0 Å². The molecule has 1 aliphatic carbocycles. The number of hydrogen-bond donors (Lipinski definition) is 1. The van der Waals surface area contributed by atoms with E-state index in [0.717, 1.165) is 49.4 Å². The smallest absolute Gasteiger partial charge is 0.168 e. The minimum absolute atomic E-state index is 0.136. The summed E-state index contributed by atoms with van der Waals surface area (Å²) in [4.78, 5) is 0. The lowest BCUT2D eigenvalue weighted by molar-refractivity contribution is -0.186. The molecule has 2 atom stereocenters. The third kappa shape index (κ3) is 3.64. The summed E-state index contributed by atoms with van der Waals surface area (Å²) in [6, 6.07) is 4.15. The zero-order valence-electron chi connectivity index (χ0n) is 15.3. The number of ether oxygens (including phenoxy) is 4. The summed E-state index contributed by atoms with van der Waals surface area (Å²) in [6.07, 6.45) is 7.13. The normalized spacial score (nSPS) is 27.3. The molecule has 0 aromatic heterocycles. The number of fused-ring (bicyclic) bond motifs is 1. The van der Waals surface area contributed by atoms with Crippen molar-refractivity contribution in [2.45, 2.75) is 70.0 Å². The van der Waals surface area contributed by atoms with Gasteiger partial charge in [-0.2, -0.15) is 0 Å². The molecule has 5 heteroatoms. The highest BCUT2D eigenvalue weighted by molar-refractivity contribution is 5.49. The number of nitrogens with one attached hydrogen (secondary N) is 1. The Kier molecular flexibility index (Phi) is 4.89. The summed E-state index contributed by atoms with van der Waals surface area (Å²) in [5.41, 5.74) is 2.40. The average Bonchev–Trinajstić information content (AvgIpc) is 3.18. The summed E-state index contributed by atoms with van der Waals surface area (Å²) in [5, 5.41) is 3.52. The second-order valence-corrected chi connectivity index (χ2v) is 7.56. The molecular weight excluding hydrogens is 318 g/mol. The quantitative estimate of drug-likeness (QED) is 0.886. The summed E-state index contributed by atoms with van der Waals surface area (Å²) in [7, 11) is 1.71. The predicted molar refractivity (Wildman–Crippen MR) is 95.1 cm³/mol. The molecule has 5 nitrogen and oxygen atoms in total. The van der Waals surface area contributed by atoms with Crippen LogP contribution >= 0.6 is 0 Å². The molecule has 2 fully saturated rings. The number of methoxy groups -OCH3 is 1. The Morgan fingerprint density at radius 2 is 2.08 bits per heavy atom. The minimum atomic E-state index is -0.291. The van der Waals surface area contributed by atoms with Crippen LogP contribution < -0.4 is 14.8 Å². The van der Waals surface area contributed by atoms with Crippen molar-refractivity contribution in [1.29, 1.82) is 0 Å². The Hall–Kier alpha value is -1.30. The highest BCUT2D eigenvalue weighted by Gasteiger charge is 2.41. The molecule has 4 rings (SSSR count). The molecule has 1 aromatic carbocycles. The SMILES string of the molecule is COc1cc(CNC[C@H]2COC3(CCCCC3)O2)c2c(c1)C[C@H](C)O2. The van der Waals surface area contributed by atoms with Gasteiger partial charge in [-0.1, -0.05) is 6.42 Å². The highest BCUT2D eigenvalue weighted by atomic mass is 16.7. The van der Waals surface area contributed by atoms with Crippen LogP contribution in [0.3, 0.4) is 0 Å². The lowest BCUT2D eigenvalue weighted by atomic mass is 9.94. The van der Waals surface area contributed by atoms with E-state index in [-0.39, 0.29) is 18.0 Å². The van der Waals surface area contributed by atoms with Gasteiger partial charge in [0.05, 0.1) is 19.8 Å². The van der Waals surface area contributed by atoms with Crippen molar-refractivity contribution in [1.82, 2.24) is 5.32 Å². The third-order valence-corrected chi connectivity index (χ3v) is 5.49. The summed E-state index contributed by atoms with van der Waals surface area (Å²) >= 11 is 0. The van der Waals surface area contributed by atoms with E-state index in [4.69, 9.17) is 18.9 Å². The Morgan fingerprint density at radius 1 is 1.24 bits per heavy atom. The molecule has 0 amide bonds. The first-order valence-electron chi connectivity index (χ1n) is 9.56. The van der Waals surface area contributed by atoms with Crippen molar-refractivity contribution in [3.63, 3.8) is 0 Å². The van der Waals surface area contributed by atoms with Gasteiger partial charge < -0.3 is 24.3 Å². The summed E-state index contributed by atoms with van der Waals surface area (Å²) < 4.78 is 23.7. The maximum Gasteiger partial charge on any atom is 0.168 e. The van der Waals surface area contributed by atoms with Crippen molar-refractivity contribution in [3.05, 3.63) is 23.3 Å². The lowest BCUT2D eigenvalue weighted by Gasteiger charge is -2.31. The monoisotopic (exact) mass is 347 g/mol. The van der Waals surface area contributed by atoms with Crippen LogP contribution in [0.15, 0.2) is 12.1 Å². The van der Waals surface area contributed by atoms with Gasteiger partial charge >= 0.3 is 0 Å². The number of hydrogen-bond acceptors (Lipinski definition) is 5. The summed E-state index contributed by atoms with van der Waals surface area (Å²) in [6.45, 7) is 4.34. The van der Waals surface area contributed by atoms with E-state index < -0.39 is 0 Å². The molecule has 0 unspecified atom stereocenters. The highest BCUT2D eigenvalue weighted by Crippen LogP contribution is 2.38. The Bertz CT molecular complexity index is 612. The van der Waals surface area contributed by atoms with Crippen molar-refractivity contribution >= 4 is 0 Å². The van der Waals surface area contributed by atoms with E-state index in [2.05, 4.69) is 24.4 Å². The van der Waals surface area contributed by atoms with Gasteiger partial charge in [-0.25, -0.2) is 0 Å². The number of benzene rings is 1. The lowest BCUT2D eigenvalue weighted by Crippen LogP contribution is -2.35. The maximum atomic E-state index is 6.24. The van der Waals surface area contributed by atoms with Gasteiger partial charge in [0, 0.05) is 43.5 Å². The summed E-state index contributed by atoms with van der Waals surface area (Å²) in [5.74, 6) is 1.63. The second kappa shape index (κ2) is 7.14. The molecule has 1 saturated heterocycles. The molecule has 2 aliphatic heterocycles. The van der Waals surface area contributed by atoms with Gasteiger partial charge in [0.2, 0.25) is 0 Å². The van der Waals surface area contributed by atoms with Gasteiger partial charge in [0.25, 0.3) is 0 Å². The molecule has 138 valence electrons. The van der Waals surface area contributed by atoms with Crippen LogP contribution in [0, 0.1) is 0 Å². The molecular formula is C20H29NO4. The molecule has 1 N–H and O–H groups in total. The van der Waals surface area contributed by atoms with Gasteiger partial charge in [0.1, 0.15) is 17.6 Å². The molecule has 1 aromatic rings. The van der Waals surface area contributed by atoms with E-state index in [1.165, 1.54) is 24.8 Å². The second-order valence-electron chi connectivity index (χ2n) is 7.56. The first kappa shape index (κ1) is 17.1. The Morgan fingerprint density at radius 3 is 2.88 bits per heavy atom. The van der Waals surface area contributed by atoms with E-state index in [1.807, 2.05) is 0 Å². The van der Waals surface area contributed by atoms with Crippen molar-refractivity contribution in [3.8, 4) is 11.5 Å². The van der Waals surface area contributed by atoms with Crippen LogP contribution in [0.5, 0.6) is 11.5 Å². The van der Waals surface area contributed by atoms with Gasteiger partial charge in [0.15, 0.2) is 5.79 Å². The zero-order valence-corrected chi connectivity index (χ0v) is 15.3. The van der Waals surface area contributed by atoms with Crippen LogP contribution in [-0.2, 0) is 22.4 Å². The van der Waals surface area contributed by atoms with E-state index in [1.54, 1.807) is 7.11 Å². The van der Waals surface area contributed by atoms with E-state index >= 15 is 0 Å². The molecule has 3 aliphatic rings. The van der Waals surface area contributed by atoms with Crippen LogP contribution in [0.2, 0.25) is 0 Å². The van der Waals surface area contributed by atoms with Gasteiger partial charge in [-0.15, -0.1) is 0 Å². The molecule has 25 heavy (non-hydrogen) atoms. The van der Waals surface area contributed by atoms with Crippen molar-refractivity contribution < 1.29 is 18.9 Å². The molecule has 1 spiro atoms. The zero-order chi connectivity index (χ0) is 17.3. The largest absolute Gasteiger partial charge is 0.497 e. The van der Waals surface area contributed by atoms with E-state index in [9.17, 15) is 0 Å². The van der Waals surface area contributed by atoms with E-state index in [0.29, 0.717) is 6.61 Å². The fourth-order valence-corrected chi connectivity index (χ4v) is 4.26. The Labute approximate surface area is 150 Å².